The van der Waals surface area contributed by atoms with Gasteiger partial charge in [0.15, 0.2) is 5.12 Å². The SMILES string of the molecule is CC(=O)SCCCCC1OC1(c1ccccc1)c1ccccc1. The van der Waals surface area contributed by atoms with Gasteiger partial charge in [0.1, 0.15) is 5.60 Å². The van der Waals surface area contributed by atoms with Crippen LogP contribution >= 0.6 is 11.8 Å². The highest BCUT2D eigenvalue weighted by Gasteiger charge is 2.58. The van der Waals surface area contributed by atoms with Crippen LogP contribution in [0.5, 0.6) is 0 Å². The molecule has 0 aliphatic carbocycles. The molecule has 2 aromatic rings. The molecule has 0 N–H and O–H groups in total. The molecule has 1 fully saturated rings. The first-order valence-corrected chi connectivity index (χ1v) is 9.14. The average molecular weight is 326 g/mol. The molecule has 1 aliphatic rings. The maximum absolute atomic E-state index is 11.0. The van der Waals surface area contributed by atoms with Gasteiger partial charge >= 0.3 is 0 Å². The zero-order chi connectivity index (χ0) is 16.1. The van der Waals surface area contributed by atoms with Crippen LogP contribution in [0.25, 0.3) is 0 Å². The summed E-state index contributed by atoms with van der Waals surface area (Å²) in [6.07, 6.45) is 3.41. The standard InChI is InChI=1S/C20H22O2S/c1-16(21)23-15-9-8-14-19-20(22-19,17-10-4-2-5-11-17)18-12-6-3-7-13-18/h2-7,10-13,19H,8-9,14-15H2,1H3. The number of hydrogen-bond acceptors (Lipinski definition) is 3. The Hall–Kier alpha value is -1.58. The maximum atomic E-state index is 11.0. The van der Waals surface area contributed by atoms with Crippen molar-refractivity contribution in [2.24, 2.45) is 0 Å². The third kappa shape index (κ3) is 3.67. The quantitative estimate of drug-likeness (QED) is 0.542. The summed E-state index contributed by atoms with van der Waals surface area (Å²) in [5, 5.41) is 0.204. The first-order valence-electron chi connectivity index (χ1n) is 8.16. The first kappa shape index (κ1) is 16.3. The Labute approximate surface area is 142 Å². The Morgan fingerprint density at radius 1 is 1.00 bits per heavy atom. The summed E-state index contributed by atoms with van der Waals surface area (Å²) in [7, 11) is 0. The van der Waals surface area contributed by atoms with Crippen LogP contribution in [0.2, 0.25) is 0 Å². The number of ether oxygens (including phenoxy) is 1. The zero-order valence-corrected chi connectivity index (χ0v) is 14.2. The molecule has 1 unspecified atom stereocenters. The molecule has 3 heteroatoms. The minimum atomic E-state index is -0.282. The minimum absolute atomic E-state index is 0.204. The molecule has 0 aromatic heterocycles. The first-order chi connectivity index (χ1) is 11.2. The van der Waals surface area contributed by atoms with Crippen LogP contribution in [0.15, 0.2) is 60.7 Å². The van der Waals surface area contributed by atoms with Crippen molar-refractivity contribution in [1.82, 2.24) is 0 Å². The highest BCUT2D eigenvalue weighted by molar-refractivity contribution is 8.13. The van der Waals surface area contributed by atoms with Crippen LogP contribution in [0.3, 0.4) is 0 Å². The lowest BCUT2D eigenvalue weighted by Crippen LogP contribution is -2.15. The van der Waals surface area contributed by atoms with Gasteiger partial charge in [0.05, 0.1) is 6.10 Å². The van der Waals surface area contributed by atoms with E-state index in [2.05, 4.69) is 48.5 Å². The molecule has 0 radical (unpaired) electrons. The van der Waals surface area contributed by atoms with E-state index in [0.29, 0.717) is 0 Å². The molecular formula is C20H22O2S. The van der Waals surface area contributed by atoms with Gasteiger partial charge in [-0.15, -0.1) is 0 Å². The van der Waals surface area contributed by atoms with E-state index in [-0.39, 0.29) is 16.8 Å². The van der Waals surface area contributed by atoms with Crippen molar-refractivity contribution in [2.75, 3.05) is 5.75 Å². The molecule has 2 nitrogen and oxygen atoms in total. The van der Waals surface area contributed by atoms with E-state index in [4.69, 9.17) is 4.74 Å². The fourth-order valence-corrected chi connectivity index (χ4v) is 3.78. The maximum Gasteiger partial charge on any atom is 0.185 e. The van der Waals surface area contributed by atoms with Gasteiger partial charge in [0, 0.05) is 12.7 Å². The second kappa shape index (κ2) is 7.33. The largest absolute Gasteiger partial charge is 0.356 e. The summed E-state index contributed by atoms with van der Waals surface area (Å²) in [6.45, 7) is 1.63. The van der Waals surface area contributed by atoms with Crippen molar-refractivity contribution in [3.05, 3.63) is 71.8 Å². The number of rotatable bonds is 7. The second-order valence-electron chi connectivity index (χ2n) is 5.91. The Kier molecular flexibility index (Phi) is 5.19. The van der Waals surface area contributed by atoms with E-state index in [1.165, 1.54) is 22.9 Å². The molecule has 3 rings (SSSR count). The number of epoxide rings is 1. The molecule has 120 valence electrons. The normalized spacial score (nSPS) is 18.6. The van der Waals surface area contributed by atoms with Gasteiger partial charge in [-0.25, -0.2) is 0 Å². The summed E-state index contributed by atoms with van der Waals surface area (Å²) >= 11 is 1.42. The fourth-order valence-electron chi connectivity index (χ4n) is 3.15. The average Bonchev–Trinajstić information content (AvgIpc) is 3.31. The number of carbonyl (C=O) groups excluding carboxylic acids is 1. The van der Waals surface area contributed by atoms with Crippen molar-refractivity contribution in [3.63, 3.8) is 0 Å². The van der Waals surface area contributed by atoms with Crippen molar-refractivity contribution >= 4 is 16.9 Å². The number of thioether (sulfide) groups is 1. The van der Waals surface area contributed by atoms with E-state index in [1.807, 2.05) is 12.1 Å². The monoisotopic (exact) mass is 326 g/mol. The lowest BCUT2D eigenvalue weighted by molar-refractivity contribution is -0.109. The fraction of sp³-hybridized carbons (Fsp3) is 0.350. The third-order valence-corrected chi connectivity index (χ3v) is 5.19. The van der Waals surface area contributed by atoms with Crippen LogP contribution in [0.4, 0.5) is 0 Å². The van der Waals surface area contributed by atoms with Gasteiger partial charge in [-0.1, -0.05) is 72.4 Å². The van der Waals surface area contributed by atoms with Gasteiger partial charge in [-0.05, 0) is 30.4 Å². The summed E-state index contributed by atoms with van der Waals surface area (Å²) in [5.41, 5.74) is 2.18. The van der Waals surface area contributed by atoms with Crippen molar-refractivity contribution < 1.29 is 9.53 Å². The lowest BCUT2D eigenvalue weighted by atomic mass is 9.86. The summed E-state index contributed by atoms with van der Waals surface area (Å²) in [6, 6.07) is 21.0. The molecule has 1 aliphatic heterocycles. The number of unbranched alkanes of at least 4 members (excludes halogenated alkanes) is 1. The van der Waals surface area contributed by atoms with E-state index in [9.17, 15) is 4.79 Å². The smallest absolute Gasteiger partial charge is 0.185 e. The van der Waals surface area contributed by atoms with E-state index in [0.717, 1.165) is 25.0 Å². The Balaban J connectivity index is 1.67. The van der Waals surface area contributed by atoms with Crippen LogP contribution in [0.1, 0.15) is 37.3 Å². The number of benzene rings is 2. The Morgan fingerprint density at radius 3 is 2.09 bits per heavy atom. The van der Waals surface area contributed by atoms with E-state index >= 15 is 0 Å². The lowest BCUT2D eigenvalue weighted by Gasteiger charge is -2.14. The van der Waals surface area contributed by atoms with Gasteiger partial charge in [0.2, 0.25) is 0 Å². The van der Waals surface area contributed by atoms with Crippen molar-refractivity contribution in [2.45, 2.75) is 37.9 Å². The van der Waals surface area contributed by atoms with Crippen LogP contribution < -0.4 is 0 Å². The van der Waals surface area contributed by atoms with E-state index in [1.54, 1.807) is 6.92 Å². The molecule has 0 spiro atoms. The molecule has 0 saturated carbocycles. The molecule has 2 aromatic carbocycles. The molecule has 0 bridgehead atoms. The Bertz CT molecular complexity index is 600. The van der Waals surface area contributed by atoms with Crippen molar-refractivity contribution in [3.8, 4) is 0 Å². The molecule has 1 saturated heterocycles. The second-order valence-corrected chi connectivity index (χ2v) is 7.18. The predicted molar refractivity (Wildman–Crippen MR) is 95.5 cm³/mol. The minimum Gasteiger partial charge on any atom is -0.356 e. The molecule has 23 heavy (non-hydrogen) atoms. The highest BCUT2D eigenvalue weighted by Crippen LogP contribution is 2.53. The molecule has 0 amide bonds. The van der Waals surface area contributed by atoms with Crippen LogP contribution in [0, 0.1) is 0 Å². The topological polar surface area (TPSA) is 29.6 Å². The molecule has 1 heterocycles. The van der Waals surface area contributed by atoms with Gasteiger partial charge in [0.25, 0.3) is 0 Å². The van der Waals surface area contributed by atoms with Crippen LogP contribution in [-0.4, -0.2) is 17.0 Å². The summed E-state index contributed by atoms with van der Waals surface area (Å²) in [5.74, 6) is 0.908. The van der Waals surface area contributed by atoms with Gasteiger partial charge in [-0.3, -0.25) is 4.79 Å². The van der Waals surface area contributed by atoms with Gasteiger partial charge in [-0.2, -0.15) is 0 Å². The number of hydrogen-bond donors (Lipinski definition) is 0. The molecule has 1 atom stereocenters. The Morgan fingerprint density at radius 2 is 1.57 bits per heavy atom. The van der Waals surface area contributed by atoms with E-state index < -0.39 is 0 Å². The molecular weight excluding hydrogens is 304 g/mol. The summed E-state index contributed by atoms with van der Waals surface area (Å²) in [4.78, 5) is 11.0. The summed E-state index contributed by atoms with van der Waals surface area (Å²) < 4.78 is 6.23. The van der Waals surface area contributed by atoms with Gasteiger partial charge < -0.3 is 4.74 Å². The zero-order valence-electron chi connectivity index (χ0n) is 13.4. The van der Waals surface area contributed by atoms with Crippen LogP contribution in [-0.2, 0) is 15.1 Å². The number of carbonyl (C=O) groups is 1. The highest BCUT2D eigenvalue weighted by atomic mass is 32.2. The third-order valence-electron chi connectivity index (χ3n) is 4.30. The van der Waals surface area contributed by atoms with Crippen molar-refractivity contribution in [1.29, 1.82) is 0 Å². The predicted octanol–water partition coefficient (Wildman–Crippen LogP) is 4.78.